The van der Waals surface area contributed by atoms with E-state index in [0.717, 1.165) is 28.5 Å². The van der Waals surface area contributed by atoms with Crippen molar-refractivity contribution in [2.75, 3.05) is 31.7 Å². The first-order valence-corrected chi connectivity index (χ1v) is 20.6. The third-order valence-corrected chi connectivity index (χ3v) is 12.0. The molecule has 20 nitrogen and oxygen atoms in total. The summed E-state index contributed by atoms with van der Waals surface area (Å²) in [5.74, 6) is 0.638. The Hall–Kier alpha value is -0.430. The molecule has 4 N–H and O–H groups in total. The molecular weight excluding hydrogens is 788 g/mol. The van der Waals surface area contributed by atoms with Gasteiger partial charge in [-0.05, 0) is 18.4 Å². The molecule has 2 unspecified atom stereocenters. The zero-order valence-corrected chi connectivity index (χ0v) is 35.2. The van der Waals surface area contributed by atoms with Crippen molar-refractivity contribution in [3.05, 3.63) is 41.1 Å². The Morgan fingerprint density at radius 1 is 0.885 bits per heavy atom. The standard InChI is InChI=1S/C26H32N8O12P2S2.2Na/c35-5-4-32-10-31-23-16(24(32)38)30-11-34(23)26-20-17(36)13(43-26)7-41-47(39,49)45-19-14(8-42-48(40,50)46-20)44-25(18(19)37)33-6-12-2-1-3-27-21-15(12)22(33)29-9-28-21;;/h6,9-11,13-14,17-20,25-26,35-37H,1-5,7-8H2,(H,39,49)(H,40,50)(H,27,28,29);;/q;2*+1/p-2/t13-,14-,17-,18-,19-,20-,25-,26-,47?,48?;;/m1../s1. The van der Waals surface area contributed by atoms with Crippen LogP contribution < -0.4 is 70.0 Å². The third kappa shape index (κ3) is 7.66. The van der Waals surface area contributed by atoms with Crippen LogP contribution in [0.1, 0.15) is 24.4 Å². The number of rotatable bonds is 4. The molecule has 0 radical (unpaired) electrons. The molecule has 0 aromatic carbocycles. The van der Waals surface area contributed by atoms with Crippen LogP contribution in [0, 0.1) is 0 Å². The van der Waals surface area contributed by atoms with Gasteiger partial charge in [0.1, 0.15) is 60.7 Å². The van der Waals surface area contributed by atoms with Gasteiger partial charge in [0.25, 0.3) is 5.56 Å². The van der Waals surface area contributed by atoms with Gasteiger partial charge in [-0.3, -0.25) is 23.1 Å². The van der Waals surface area contributed by atoms with E-state index in [1.165, 1.54) is 23.5 Å². The van der Waals surface area contributed by atoms with Gasteiger partial charge in [0.05, 0.1) is 38.1 Å². The number of imidazole rings is 1. The molecule has 26 heteroatoms. The Morgan fingerprint density at radius 2 is 1.60 bits per heavy atom. The van der Waals surface area contributed by atoms with E-state index in [9.17, 15) is 29.2 Å². The molecule has 4 aromatic heterocycles. The summed E-state index contributed by atoms with van der Waals surface area (Å²) in [5, 5.41) is 36.1. The fraction of sp³-hybridized carbons (Fsp3) is 0.577. The fourth-order valence-corrected chi connectivity index (χ4v) is 9.49. The smallest absolute Gasteiger partial charge is 0.660 e. The van der Waals surface area contributed by atoms with Gasteiger partial charge in [0.15, 0.2) is 30.4 Å². The Morgan fingerprint density at radius 3 is 2.35 bits per heavy atom. The molecule has 8 heterocycles. The third-order valence-electron chi connectivity index (χ3n) is 8.96. The maximum Gasteiger partial charge on any atom is 1.00 e. The van der Waals surface area contributed by atoms with Crippen molar-refractivity contribution in [3.8, 4) is 0 Å². The molecule has 52 heavy (non-hydrogen) atoms. The van der Waals surface area contributed by atoms with E-state index in [1.807, 2.05) is 0 Å². The quantitative estimate of drug-likeness (QED) is 0.0851. The van der Waals surface area contributed by atoms with Gasteiger partial charge >= 0.3 is 59.1 Å². The number of anilines is 1. The summed E-state index contributed by atoms with van der Waals surface area (Å²) in [4.78, 5) is 30.0. The van der Waals surface area contributed by atoms with E-state index < -0.39 is 81.4 Å². The summed E-state index contributed by atoms with van der Waals surface area (Å²) in [6, 6.07) is 0. The Labute approximate surface area is 349 Å². The molecule has 270 valence electrons. The maximum absolute atomic E-state index is 13.7. The average Bonchev–Trinajstić information content (AvgIpc) is 3.78. The van der Waals surface area contributed by atoms with Crippen molar-refractivity contribution in [2.45, 2.75) is 68.5 Å². The number of ether oxygens (including phenoxy) is 2. The predicted octanol–water partition coefficient (Wildman–Crippen LogP) is -5.96. The second kappa shape index (κ2) is 16.2. The monoisotopic (exact) mass is 818 g/mol. The van der Waals surface area contributed by atoms with Crippen molar-refractivity contribution in [1.29, 1.82) is 0 Å². The van der Waals surface area contributed by atoms with E-state index in [1.54, 1.807) is 10.8 Å². The Bertz CT molecular complexity index is 2110. The van der Waals surface area contributed by atoms with Crippen molar-refractivity contribution in [1.82, 2.24) is 33.6 Å². The van der Waals surface area contributed by atoms with Gasteiger partial charge in [0.2, 0.25) is 6.80 Å². The number of nitrogens with one attached hydrogen (secondary N) is 1. The van der Waals surface area contributed by atoms with Crippen LogP contribution in [-0.4, -0.2) is 112 Å². The molecule has 3 fully saturated rings. The van der Waals surface area contributed by atoms with Gasteiger partial charge < -0.3 is 77.3 Å². The van der Waals surface area contributed by atoms with E-state index in [0.29, 0.717) is 17.9 Å². The molecule has 3 saturated heterocycles. The first kappa shape index (κ1) is 41.2. The largest absolute Gasteiger partial charge is 1.00 e. The molecular formula is C26H30N8Na2O12P2S2. The van der Waals surface area contributed by atoms with Gasteiger partial charge in [-0.1, -0.05) is 0 Å². The summed E-state index contributed by atoms with van der Waals surface area (Å²) in [6.07, 6.45) is -3.89. The van der Waals surface area contributed by atoms with Crippen LogP contribution >= 0.6 is 13.6 Å². The summed E-state index contributed by atoms with van der Waals surface area (Å²) in [7, 11) is 0. The van der Waals surface area contributed by atoms with E-state index >= 15 is 0 Å². The molecule has 0 aliphatic carbocycles. The molecule has 0 amide bonds. The summed E-state index contributed by atoms with van der Waals surface area (Å²) in [6.45, 7) is -9.71. The first-order valence-electron chi connectivity index (χ1n) is 15.5. The summed E-state index contributed by atoms with van der Waals surface area (Å²) >= 11 is 10.4. The second-order valence-electron chi connectivity index (χ2n) is 12.0. The Balaban J connectivity index is 0.00000232. The zero-order chi connectivity index (χ0) is 34.9. The summed E-state index contributed by atoms with van der Waals surface area (Å²) in [5.41, 5.74) is 0.792. The minimum atomic E-state index is -4.49. The van der Waals surface area contributed by atoms with Crippen LogP contribution in [-0.2, 0) is 74.2 Å². The number of aliphatic hydroxyl groups is 3. The van der Waals surface area contributed by atoms with Gasteiger partial charge in [-0.2, -0.15) is 0 Å². The van der Waals surface area contributed by atoms with Crippen LogP contribution in [0.25, 0.3) is 22.2 Å². The second-order valence-corrected chi connectivity index (χ2v) is 17.5. The van der Waals surface area contributed by atoms with Gasteiger partial charge in [-0.15, -0.1) is 0 Å². The van der Waals surface area contributed by atoms with Crippen molar-refractivity contribution < 1.29 is 111 Å². The van der Waals surface area contributed by atoms with Crippen LogP contribution in [0.3, 0.4) is 0 Å². The first-order chi connectivity index (χ1) is 23.9. The predicted molar refractivity (Wildman–Crippen MR) is 175 cm³/mol. The zero-order valence-electron chi connectivity index (χ0n) is 27.7. The molecule has 2 bridgehead atoms. The number of hydrogen-bond donors (Lipinski definition) is 4. The number of hydrogen-bond acceptors (Lipinski definition) is 19. The normalized spacial score (nSPS) is 34.9. The van der Waals surface area contributed by atoms with Crippen molar-refractivity contribution in [2.24, 2.45) is 0 Å². The molecule has 4 aliphatic heterocycles. The van der Waals surface area contributed by atoms with Crippen LogP contribution in [0.5, 0.6) is 0 Å². The van der Waals surface area contributed by atoms with Crippen LogP contribution in [0.2, 0.25) is 0 Å². The molecule has 0 saturated carbocycles. The minimum absolute atomic E-state index is 0. The van der Waals surface area contributed by atoms with Crippen molar-refractivity contribution in [3.63, 3.8) is 0 Å². The van der Waals surface area contributed by atoms with E-state index in [4.69, 9.17) is 52.1 Å². The maximum atomic E-state index is 13.7. The molecule has 0 spiro atoms. The van der Waals surface area contributed by atoms with Crippen LogP contribution in [0.15, 0.2) is 30.0 Å². The van der Waals surface area contributed by atoms with Crippen LogP contribution in [0.4, 0.5) is 5.82 Å². The Kier molecular flexibility index (Phi) is 12.8. The molecule has 4 aromatic rings. The van der Waals surface area contributed by atoms with Gasteiger partial charge in [-0.25, -0.2) is 19.9 Å². The topological polar surface area (TPSA) is 246 Å². The van der Waals surface area contributed by atoms with E-state index in [2.05, 4.69) is 25.3 Å². The molecule has 8 rings (SSSR count). The number of fused-ring (bicyclic) bond motifs is 4. The van der Waals surface area contributed by atoms with Gasteiger partial charge in [0, 0.05) is 12.7 Å². The molecule has 4 aliphatic rings. The number of aliphatic hydroxyl groups excluding tert-OH is 3. The number of aryl methyl sites for hydroxylation is 1. The minimum Gasteiger partial charge on any atom is -0.660 e. The fourth-order valence-electron chi connectivity index (χ4n) is 6.66. The van der Waals surface area contributed by atoms with E-state index in [-0.39, 0.29) is 83.4 Å². The average molecular weight is 819 g/mol. The number of aromatic nitrogens is 7. The molecule has 10 atom stereocenters. The number of nitrogens with zero attached hydrogens (tertiary/aromatic N) is 7. The summed E-state index contributed by atoms with van der Waals surface area (Å²) < 4.78 is 65.9. The van der Waals surface area contributed by atoms with Crippen molar-refractivity contribution >= 4 is 66.1 Å². The SMILES string of the molecule is O=c1c2ncn([C@@H]3O[C@@H]4COP(=O)([S-])O[C@H]5[C@@H](O)[C@H](n6cc7c8c(ncnc86)NCCC7)O[C@@H]5COP(=O)([S-])O[C@@H]3[C@@H]4O)c2ncn1CCO.[Na+].[Na+].